The van der Waals surface area contributed by atoms with Gasteiger partial charge in [-0.2, -0.15) is 11.8 Å². The Kier molecular flexibility index (Phi) is 5.39. The van der Waals surface area contributed by atoms with Crippen LogP contribution >= 0.6 is 23.1 Å². The number of nitrogens with one attached hydrogen (secondary N) is 1. The molecule has 3 aromatic rings. The zero-order chi connectivity index (χ0) is 20.5. The van der Waals surface area contributed by atoms with Gasteiger partial charge in [0.05, 0.1) is 5.56 Å². The lowest BCUT2D eigenvalue weighted by molar-refractivity contribution is -0.117. The van der Waals surface area contributed by atoms with Crippen molar-refractivity contribution in [3.63, 3.8) is 0 Å². The van der Waals surface area contributed by atoms with E-state index in [9.17, 15) is 9.59 Å². The van der Waals surface area contributed by atoms with Crippen molar-refractivity contribution in [3.05, 3.63) is 70.4 Å². The topological polar surface area (TPSA) is 54.3 Å². The molecule has 5 rings (SSSR count). The molecule has 4 heterocycles. The Labute approximate surface area is 184 Å². The van der Waals surface area contributed by atoms with Gasteiger partial charge in [-0.1, -0.05) is 12.1 Å². The van der Waals surface area contributed by atoms with Crippen molar-refractivity contribution in [3.8, 4) is 5.00 Å². The van der Waals surface area contributed by atoms with Crippen molar-refractivity contribution in [2.45, 2.75) is 31.6 Å². The number of nitrogens with zero attached hydrogens (tertiary/aromatic N) is 2. The van der Waals surface area contributed by atoms with Crippen LogP contribution in [0.4, 0.5) is 5.69 Å². The van der Waals surface area contributed by atoms with Crippen molar-refractivity contribution < 1.29 is 9.59 Å². The summed E-state index contributed by atoms with van der Waals surface area (Å²) in [6, 6.07) is 11.9. The second kappa shape index (κ2) is 8.32. The first-order chi connectivity index (χ1) is 14.7. The van der Waals surface area contributed by atoms with Crippen molar-refractivity contribution in [2.75, 3.05) is 17.2 Å². The summed E-state index contributed by atoms with van der Waals surface area (Å²) >= 11 is 3.66. The Morgan fingerprint density at radius 1 is 1.10 bits per heavy atom. The lowest BCUT2D eigenvalue weighted by Crippen LogP contribution is -2.25. The molecular weight excluding hydrogens is 414 g/mol. The molecule has 5 nitrogen and oxygen atoms in total. The molecule has 2 amide bonds. The number of carbonyl (C=O) groups excluding carboxylic acids is 2. The van der Waals surface area contributed by atoms with Crippen molar-refractivity contribution in [1.29, 1.82) is 0 Å². The third-order valence-corrected chi connectivity index (χ3v) is 8.06. The highest BCUT2D eigenvalue weighted by Crippen LogP contribution is 2.38. The van der Waals surface area contributed by atoms with E-state index in [1.807, 2.05) is 70.0 Å². The normalized spacial score (nSPS) is 16.0. The Bertz CT molecular complexity index is 1070. The molecule has 0 bridgehead atoms. The third kappa shape index (κ3) is 3.68. The summed E-state index contributed by atoms with van der Waals surface area (Å²) < 4.78 is 2.05. The SMILES string of the molecule is O=C(NCc1ccc(N2CCCC2=O)cc1)c1c(-n2cccc2)sc2c1CCSC2. The number of rotatable bonds is 5. The van der Waals surface area contributed by atoms with E-state index in [-0.39, 0.29) is 11.8 Å². The molecule has 1 fully saturated rings. The van der Waals surface area contributed by atoms with Gasteiger partial charge in [0.1, 0.15) is 5.00 Å². The van der Waals surface area contributed by atoms with Crippen LogP contribution in [0.15, 0.2) is 48.8 Å². The number of hydrogen-bond acceptors (Lipinski definition) is 4. The van der Waals surface area contributed by atoms with Gasteiger partial charge in [0.15, 0.2) is 0 Å². The second-order valence-corrected chi connectivity index (χ2v) is 9.76. The highest BCUT2D eigenvalue weighted by atomic mass is 32.2. The molecule has 1 N–H and O–H groups in total. The standard InChI is InChI=1S/C23H23N3O2S2/c27-20-4-3-12-26(20)17-7-5-16(6-8-17)14-24-22(28)21-18-9-13-29-15-19(18)30-23(21)25-10-1-2-11-25/h1-2,5-8,10-11H,3-4,9,12-15H2,(H,24,28). The number of thiophene rings is 1. The average Bonchev–Trinajstić information content (AvgIpc) is 3.51. The van der Waals surface area contributed by atoms with Crippen LogP contribution in [-0.2, 0) is 23.5 Å². The molecule has 154 valence electrons. The summed E-state index contributed by atoms with van der Waals surface area (Å²) in [7, 11) is 0. The first kappa shape index (κ1) is 19.5. The average molecular weight is 438 g/mol. The van der Waals surface area contributed by atoms with E-state index in [1.54, 1.807) is 11.3 Å². The number of benzene rings is 1. The number of fused-ring (bicyclic) bond motifs is 1. The maximum atomic E-state index is 13.2. The molecule has 2 aliphatic rings. The van der Waals surface area contributed by atoms with Gasteiger partial charge in [-0.15, -0.1) is 11.3 Å². The maximum absolute atomic E-state index is 13.2. The number of aromatic nitrogens is 1. The first-order valence-electron chi connectivity index (χ1n) is 10.2. The molecule has 2 aromatic heterocycles. The largest absolute Gasteiger partial charge is 0.348 e. The maximum Gasteiger partial charge on any atom is 0.254 e. The minimum absolute atomic E-state index is 0.0121. The van der Waals surface area contributed by atoms with E-state index < -0.39 is 0 Å². The fourth-order valence-electron chi connectivity index (χ4n) is 4.09. The van der Waals surface area contributed by atoms with E-state index in [0.717, 1.165) is 52.7 Å². The van der Waals surface area contributed by atoms with E-state index in [4.69, 9.17) is 0 Å². The van der Waals surface area contributed by atoms with Crippen LogP contribution in [0.5, 0.6) is 0 Å². The van der Waals surface area contributed by atoms with Crippen LogP contribution in [0.25, 0.3) is 5.00 Å². The second-order valence-electron chi connectivity index (χ2n) is 7.57. The lowest BCUT2D eigenvalue weighted by atomic mass is 10.1. The van der Waals surface area contributed by atoms with Crippen LogP contribution in [0, 0.1) is 0 Å². The molecule has 30 heavy (non-hydrogen) atoms. The molecule has 0 aliphatic carbocycles. The van der Waals surface area contributed by atoms with Gasteiger partial charge < -0.3 is 14.8 Å². The first-order valence-corrected chi connectivity index (χ1v) is 12.2. The summed E-state index contributed by atoms with van der Waals surface area (Å²) in [6.07, 6.45) is 6.49. The van der Waals surface area contributed by atoms with Crippen LogP contribution < -0.4 is 10.2 Å². The smallest absolute Gasteiger partial charge is 0.254 e. The number of thioether (sulfide) groups is 1. The fraction of sp³-hybridized carbons (Fsp3) is 0.304. The van der Waals surface area contributed by atoms with Gasteiger partial charge >= 0.3 is 0 Å². The van der Waals surface area contributed by atoms with E-state index in [2.05, 4.69) is 5.32 Å². The predicted octanol–water partition coefficient (Wildman–Crippen LogP) is 4.38. The predicted molar refractivity (Wildman–Crippen MR) is 123 cm³/mol. The lowest BCUT2D eigenvalue weighted by Gasteiger charge is -2.16. The Balaban J connectivity index is 1.33. The fourth-order valence-corrected chi connectivity index (χ4v) is 6.53. The zero-order valence-corrected chi connectivity index (χ0v) is 18.2. The Morgan fingerprint density at radius 3 is 2.63 bits per heavy atom. The van der Waals surface area contributed by atoms with Gasteiger partial charge in [0.25, 0.3) is 5.91 Å². The van der Waals surface area contributed by atoms with Gasteiger partial charge in [0, 0.05) is 48.2 Å². The number of anilines is 1. The third-order valence-electron chi connectivity index (χ3n) is 5.64. The highest BCUT2D eigenvalue weighted by Gasteiger charge is 2.26. The van der Waals surface area contributed by atoms with Crippen LogP contribution in [-0.4, -0.2) is 28.7 Å². The quantitative estimate of drug-likeness (QED) is 0.644. The summed E-state index contributed by atoms with van der Waals surface area (Å²) in [5.74, 6) is 2.22. The summed E-state index contributed by atoms with van der Waals surface area (Å²) in [4.78, 5) is 28.3. The molecular formula is C23H23N3O2S2. The Morgan fingerprint density at radius 2 is 1.90 bits per heavy atom. The van der Waals surface area contributed by atoms with E-state index in [0.29, 0.717) is 13.0 Å². The zero-order valence-electron chi connectivity index (χ0n) is 16.6. The van der Waals surface area contributed by atoms with Crippen molar-refractivity contribution >= 4 is 40.6 Å². The van der Waals surface area contributed by atoms with Gasteiger partial charge in [-0.05, 0) is 54.0 Å². The molecule has 1 saturated heterocycles. The van der Waals surface area contributed by atoms with Crippen molar-refractivity contribution in [2.24, 2.45) is 0 Å². The summed E-state index contributed by atoms with van der Waals surface area (Å²) in [6.45, 7) is 1.26. The van der Waals surface area contributed by atoms with Crippen LogP contribution in [0.2, 0.25) is 0 Å². The number of carbonyl (C=O) groups is 2. The molecule has 0 spiro atoms. The summed E-state index contributed by atoms with van der Waals surface area (Å²) in [5.41, 5.74) is 4.00. The van der Waals surface area contributed by atoms with Crippen molar-refractivity contribution in [1.82, 2.24) is 9.88 Å². The molecule has 0 atom stereocenters. The molecule has 2 aliphatic heterocycles. The van der Waals surface area contributed by atoms with E-state index >= 15 is 0 Å². The Hall–Kier alpha value is -2.51. The van der Waals surface area contributed by atoms with Crippen LogP contribution in [0.1, 0.15) is 39.2 Å². The molecule has 0 saturated carbocycles. The van der Waals surface area contributed by atoms with Crippen LogP contribution in [0.3, 0.4) is 0 Å². The van der Waals surface area contributed by atoms with E-state index in [1.165, 1.54) is 10.4 Å². The molecule has 0 radical (unpaired) electrons. The highest BCUT2D eigenvalue weighted by molar-refractivity contribution is 7.98. The van der Waals surface area contributed by atoms with Gasteiger partial charge in [-0.25, -0.2) is 0 Å². The molecule has 1 aromatic carbocycles. The molecule has 0 unspecified atom stereocenters. The summed E-state index contributed by atoms with van der Waals surface area (Å²) in [5, 5.41) is 4.13. The monoisotopic (exact) mass is 437 g/mol. The van der Waals surface area contributed by atoms with Gasteiger partial charge in [-0.3, -0.25) is 9.59 Å². The minimum atomic E-state index is -0.0121. The molecule has 7 heteroatoms. The number of amides is 2. The van der Waals surface area contributed by atoms with Gasteiger partial charge in [0.2, 0.25) is 5.91 Å². The minimum Gasteiger partial charge on any atom is -0.348 e. The number of hydrogen-bond donors (Lipinski definition) is 1.